The van der Waals surface area contributed by atoms with E-state index in [1.165, 1.54) is 24.1 Å². The van der Waals surface area contributed by atoms with E-state index in [4.69, 9.17) is 10.1 Å². The van der Waals surface area contributed by atoms with Crippen molar-refractivity contribution >= 4 is 50.3 Å². The number of carbonyl (C=O) groups excluding carboxylic acids is 2. The Balaban J connectivity index is 1.58. The first kappa shape index (κ1) is 22.3. The molecule has 1 aliphatic heterocycles. The first-order valence-corrected chi connectivity index (χ1v) is 12.6. The number of hydrazine groups is 1. The molecular formula is C22H25N7O4S. The van der Waals surface area contributed by atoms with Gasteiger partial charge in [-0.25, -0.2) is 23.5 Å². The van der Waals surface area contributed by atoms with Crippen LogP contribution in [0.3, 0.4) is 0 Å². The summed E-state index contributed by atoms with van der Waals surface area (Å²) in [5.74, 6) is 0.424. The van der Waals surface area contributed by atoms with Gasteiger partial charge < -0.3 is 9.88 Å². The van der Waals surface area contributed by atoms with Gasteiger partial charge in [-0.15, -0.1) is 0 Å². The number of carbonyl (C=O) groups is 2. The molecular weight excluding hydrogens is 458 g/mol. The maximum Gasteiger partial charge on any atom is 0.249 e. The molecule has 1 spiro atoms. The average molecular weight is 484 g/mol. The van der Waals surface area contributed by atoms with Gasteiger partial charge in [0, 0.05) is 24.2 Å². The van der Waals surface area contributed by atoms with Crippen molar-refractivity contribution < 1.29 is 18.0 Å². The number of hydrogen-bond acceptors (Lipinski definition) is 7. The molecule has 2 aliphatic rings. The van der Waals surface area contributed by atoms with Gasteiger partial charge in [-0.05, 0) is 43.2 Å². The van der Waals surface area contributed by atoms with Gasteiger partial charge in [0.25, 0.3) is 0 Å². The molecule has 1 fully saturated rings. The molecule has 3 aromatic rings. The third-order valence-corrected chi connectivity index (χ3v) is 7.38. The summed E-state index contributed by atoms with van der Waals surface area (Å²) in [6.45, 7) is 1.37. The second-order valence-corrected chi connectivity index (χ2v) is 10.4. The van der Waals surface area contributed by atoms with Gasteiger partial charge in [-0.1, -0.05) is 19.3 Å². The van der Waals surface area contributed by atoms with Crippen molar-refractivity contribution in [2.75, 3.05) is 10.3 Å². The van der Waals surface area contributed by atoms with Crippen LogP contribution in [0.15, 0.2) is 41.4 Å². The Labute approximate surface area is 196 Å². The molecule has 0 bridgehead atoms. The number of sulfonamides is 1. The molecule has 2 amide bonds. The lowest BCUT2D eigenvalue weighted by atomic mass is 9.78. The molecule has 12 heteroatoms. The summed E-state index contributed by atoms with van der Waals surface area (Å²) >= 11 is 0. The zero-order valence-electron chi connectivity index (χ0n) is 18.6. The van der Waals surface area contributed by atoms with Crippen molar-refractivity contribution in [1.82, 2.24) is 20.0 Å². The molecule has 178 valence electrons. The maximum absolute atomic E-state index is 13.0. The second kappa shape index (κ2) is 8.06. The Morgan fingerprint density at radius 3 is 2.50 bits per heavy atom. The zero-order chi connectivity index (χ0) is 24.1. The highest BCUT2D eigenvalue weighted by atomic mass is 32.2. The second-order valence-electron chi connectivity index (χ2n) is 8.86. The van der Waals surface area contributed by atoms with Crippen LogP contribution in [0.2, 0.25) is 0 Å². The number of rotatable bonds is 4. The summed E-state index contributed by atoms with van der Waals surface area (Å²) in [5.41, 5.74) is 3.51. The van der Waals surface area contributed by atoms with Gasteiger partial charge in [-0.2, -0.15) is 4.98 Å². The Morgan fingerprint density at radius 2 is 1.85 bits per heavy atom. The van der Waals surface area contributed by atoms with Crippen molar-refractivity contribution in [2.24, 2.45) is 5.14 Å². The van der Waals surface area contributed by atoms with E-state index in [9.17, 15) is 18.0 Å². The van der Waals surface area contributed by atoms with Crippen LogP contribution in [0.4, 0.5) is 17.5 Å². The van der Waals surface area contributed by atoms with Crippen LogP contribution in [-0.4, -0.2) is 34.8 Å². The lowest BCUT2D eigenvalue weighted by Gasteiger charge is -2.45. The highest BCUT2D eigenvalue weighted by Crippen LogP contribution is 2.46. The quantitative estimate of drug-likeness (QED) is 0.515. The Morgan fingerprint density at radius 1 is 1.15 bits per heavy atom. The third kappa shape index (κ3) is 3.88. The molecule has 1 aromatic carbocycles. The van der Waals surface area contributed by atoms with E-state index < -0.39 is 15.6 Å². The van der Waals surface area contributed by atoms with Crippen LogP contribution < -0.4 is 20.9 Å². The van der Waals surface area contributed by atoms with Crippen molar-refractivity contribution in [3.05, 3.63) is 36.5 Å². The SMILES string of the molecule is CC(=O)NN1C(=O)CC2(CCCCC2)n2c1cc1cnc(Nc3ccc(S(N)(=O)=O)cc3)nc12. The number of hydrogen-bond donors (Lipinski definition) is 3. The Bertz CT molecular complexity index is 1390. The molecule has 5 rings (SSSR count). The van der Waals surface area contributed by atoms with E-state index in [1.807, 2.05) is 6.07 Å². The third-order valence-electron chi connectivity index (χ3n) is 6.45. The summed E-state index contributed by atoms with van der Waals surface area (Å²) in [5, 5.41) is 10.3. The number of benzene rings is 1. The van der Waals surface area contributed by atoms with E-state index in [0.29, 0.717) is 23.1 Å². The summed E-state index contributed by atoms with van der Waals surface area (Å²) < 4.78 is 25.1. The van der Waals surface area contributed by atoms with Crippen LogP contribution in [0.25, 0.3) is 11.0 Å². The number of aromatic nitrogens is 3. The molecule has 1 saturated carbocycles. The molecule has 11 nitrogen and oxygen atoms in total. The number of fused-ring (bicyclic) bond motifs is 4. The van der Waals surface area contributed by atoms with Gasteiger partial charge in [0.15, 0.2) is 0 Å². The number of primary sulfonamides is 1. The first-order chi connectivity index (χ1) is 16.2. The normalized spacial score (nSPS) is 17.6. The number of nitrogens with two attached hydrogens (primary N) is 1. The van der Waals surface area contributed by atoms with Crippen molar-refractivity contribution in [2.45, 2.75) is 55.9 Å². The Hall–Kier alpha value is -3.51. The van der Waals surface area contributed by atoms with E-state index in [2.05, 4.69) is 20.3 Å². The molecule has 1 aliphatic carbocycles. The van der Waals surface area contributed by atoms with Crippen molar-refractivity contribution in [3.8, 4) is 0 Å². The standard InChI is InChI=1S/C22H25N7O4S/c1-14(30)27-29-18-11-15-13-24-21(25-16-5-7-17(8-6-16)34(23,32)33)26-20(15)28(18)22(12-19(29)31)9-3-2-4-10-22/h5-8,11,13H,2-4,9-10,12H2,1H3,(H,27,30)(H2,23,32,33)(H,24,25,26). The number of nitrogens with zero attached hydrogens (tertiary/aromatic N) is 4. The summed E-state index contributed by atoms with van der Waals surface area (Å²) in [6.07, 6.45) is 6.80. The molecule has 0 unspecified atom stereocenters. The molecule has 0 atom stereocenters. The summed E-state index contributed by atoms with van der Waals surface area (Å²) in [6, 6.07) is 7.80. The van der Waals surface area contributed by atoms with E-state index in [1.54, 1.807) is 18.3 Å². The van der Waals surface area contributed by atoms with Crippen LogP contribution in [0, 0.1) is 0 Å². The fourth-order valence-electron chi connectivity index (χ4n) is 4.98. The van der Waals surface area contributed by atoms with Crippen LogP contribution >= 0.6 is 0 Å². The predicted octanol–water partition coefficient (Wildman–Crippen LogP) is 2.27. The topological polar surface area (TPSA) is 152 Å². The van der Waals surface area contributed by atoms with Crippen LogP contribution in [0.1, 0.15) is 45.4 Å². The lowest BCUT2D eigenvalue weighted by molar-refractivity contribution is -0.127. The first-order valence-electron chi connectivity index (χ1n) is 11.1. The van der Waals surface area contributed by atoms with Crippen LogP contribution in [-0.2, 0) is 25.2 Å². The monoisotopic (exact) mass is 483 g/mol. The minimum atomic E-state index is -3.78. The van der Waals surface area contributed by atoms with Gasteiger partial charge in [-0.3, -0.25) is 15.0 Å². The number of amides is 2. The number of anilines is 3. The maximum atomic E-state index is 13.0. The number of nitrogens with one attached hydrogen (secondary N) is 2. The van der Waals surface area contributed by atoms with Crippen LogP contribution in [0.5, 0.6) is 0 Å². The molecule has 34 heavy (non-hydrogen) atoms. The lowest BCUT2D eigenvalue weighted by Crippen LogP contribution is -2.55. The van der Waals surface area contributed by atoms with E-state index >= 15 is 0 Å². The summed E-state index contributed by atoms with van der Waals surface area (Å²) in [7, 11) is -3.78. The van der Waals surface area contributed by atoms with Gasteiger partial charge in [0.1, 0.15) is 11.5 Å². The van der Waals surface area contributed by atoms with Crippen molar-refractivity contribution in [1.29, 1.82) is 0 Å². The van der Waals surface area contributed by atoms with E-state index in [0.717, 1.165) is 37.5 Å². The van der Waals surface area contributed by atoms with Crippen molar-refractivity contribution in [3.63, 3.8) is 0 Å². The summed E-state index contributed by atoms with van der Waals surface area (Å²) in [4.78, 5) is 34.0. The molecule has 3 heterocycles. The fourth-order valence-corrected chi connectivity index (χ4v) is 5.49. The van der Waals surface area contributed by atoms with Gasteiger partial charge in [0.2, 0.25) is 27.8 Å². The Kier molecular flexibility index (Phi) is 5.29. The minimum Gasteiger partial charge on any atom is -0.324 e. The fraction of sp³-hybridized carbons (Fsp3) is 0.364. The van der Waals surface area contributed by atoms with Gasteiger partial charge in [0.05, 0.1) is 16.9 Å². The largest absolute Gasteiger partial charge is 0.324 e. The predicted molar refractivity (Wildman–Crippen MR) is 126 cm³/mol. The molecule has 4 N–H and O–H groups in total. The molecule has 0 saturated heterocycles. The minimum absolute atomic E-state index is 0.0112. The van der Waals surface area contributed by atoms with Gasteiger partial charge >= 0.3 is 0 Å². The highest BCUT2D eigenvalue weighted by molar-refractivity contribution is 7.89. The average Bonchev–Trinajstić information content (AvgIpc) is 3.17. The van der Waals surface area contributed by atoms with E-state index in [-0.39, 0.29) is 23.1 Å². The smallest absolute Gasteiger partial charge is 0.249 e. The molecule has 2 aromatic heterocycles. The highest BCUT2D eigenvalue weighted by Gasteiger charge is 2.45. The molecule has 0 radical (unpaired) electrons. The zero-order valence-corrected chi connectivity index (χ0v) is 19.4.